The minimum absolute atomic E-state index is 0.398. The minimum Gasteiger partial charge on any atom is -0.497 e. The normalized spacial score (nSPS) is 13.3. The van der Waals surface area contributed by atoms with E-state index in [1.165, 1.54) is 0 Å². The number of nitrogens with zero attached hydrogens (tertiary/aromatic N) is 4. The molecular formula is C18H21N5O. The lowest BCUT2D eigenvalue weighted by molar-refractivity contribution is 0.414. The molecule has 0 spiro atoms. The summed E-state index contributed by atoms with van der Waals surface area (Å²) in [7, 11) is 1.65. The van der Waals surface area contributed by atoms with Crippen LogP contribution in [0.15, 0.2) is 54.6 Å². The predicted octanol–water partition coefficient (Wildman–Crippen LogP) is 3.41. The number of ether oxygens (including phenoxy) is 1. The molecule has 0 saturated heterocycles. The molecule has 0 aliphatic heterocycles. The molecule has 0 bridgehead atoms. The Labute approximate surface area is 141 Å². The van der Waals surface area contributed by atoms with Crippen molar-refractivity contribution in [3.05, 3.63) is 60.4 Å². The van der Waals surface area contributed by atoms with Crippen molar-refractivity contribution in [3.8, 4) is 11.4 Å². The summed E-state index contributed by atoms with van der Waals surface area (Å²) in [6, 6.07) is 17.8. The van der Waals surface area contributed by atoms with Gasteiger partial charge in [0.25, 0.3) is 0 Å². The highest BCUT2D eigenvalue weighted by Crippen LogP contribution is 2.29. The molecule has 3 rings (SSSR count). The number of nitrogens with one attached hydrogen (secondary N) is 1. The van der Waals surface area contributed by atoms with E-state index >= 15 is 0 Å². The van der Waals surface area contributed by atoms with Crippen LogP contribution in [-0.2, 0) is 5.54 Å². The van der Waals surface area contributed by atoms with E-state index in [-0.39, 0.29) is 0 Å². The molecule has 6 heteroatoms. The van der Waals surface area contributed by atoms with Crippen molar-refractivity contribution in [1.82, 2.24) is 20.2 Å². The summed E-state index contributed by atoms with van der Waals surface area (Å²) in [5.41, 5.74) is 1.53. The van der Waals surface area contributed by atoms with Crippen molar-refractivity contribution in [2.24, 2.45) is 0 Å². The number of benzene rings is 2. The highest BCUT2D eigenvalue weighted by Gasteiger charge is 2.31. The lowest BCUT2D eigenvalue weighted by atomic mass is 9.97. The summed E-state index contributed by atoms with van der Waals surface area (Å²) in [6.45, 7) is 4.22. The molecule has 0 radical (unpaired) electrons. The molecular weight excluding hydrogens is 302 g/mol. The zero-order chi connectivity index (χ0) is 17.0. The highest BCUT2D eigenvalue weighted by atomic mass is 16.5. The minimum atomic E-state index is -0.398. The second-order valence-electron chi connectivity index (χ2n) is 5.79. The molecule has 1 N–H and O–H groups in total. The fraction of sp³-hybridized carbons (Fsp3) is 0.278. The van der Waals surface area contributed by atoms with Gasteiger partial charge in [0.2, 0.25) is 0 Å². The molecule has 24 heavy (non-hydrogen) atoms. The number of rotatable bonds is 6. The summed E-state index contributed by atoms with van der Waals surface area (Å²) >= 11 is 0. The molecule has 0 aliphatic rings. The highest BCUT2D eigenvalue weighted by molar-refractivity contribution is 5.46. The third kappa shape index (κ3) is 3.08. The van der Waals surface area contributed by atoms with Gasteiger partial charge < -0.3 is 10.1 Å². The van der Waals surface area contributed by atoms with E-state index in [1.807, 2.05) is 54.6 Å². The Bertz CT molecular complexity index is 785. The van der Waals surface area contributed by atoms with Gasteiger partial charge in [0.15, 0.2) is 5.82 Å². The van der Waals surface area contributed by atoms with Gasteiger partial charge in [-0.15, -0.1) is 5.10 Å². The van der Waals surface area contributed by atoms with Gasteiger partial charge in [0, 0.05) is 5.69 Å². The van der Waals surface area contributed by atoms with Gasteiger partial charge in [0.1, 0.15) is 5.75 Å². The molecule has 1 aromatic heterocycles. The van der Waals surface area contributed by atoms with E-state index in [9.17, 15) is 0 Å². The number of para-hydroxylation sites is 1. The Morgan fingerprint density at radius 2 is 1.79 bits per heavy atom. The summed E-state index contributed by atoms with van der Waals surface area (Å²) < 4.78 is 6.97. The monoisotopic (exact) mass is 323 g/mol. The van der Waals surface area contributed by atoms with Gasteiger partial charge in [-0.3, -0.25) is 0 Å². The smallest absolute Gasteiger partial charge is 0.181 e. The molecule has 1 heterocycles. The van der Waals surface area contributed by atoms with Crippen LogP contribution < -0.4 is 10.1 Å². The van der Waals surface area contributed by atoms with Gasteiger partial charge in [-0.2, -0.15) is 4.68 Å². The SMILES string of the molecule is CCC(C)(Nc1ccccc1)c1nnnn1-c1ccc(OC)cc1. The van der Waals surface area contributed by atoms with Crippen molar-refractivity contribution >= 4 is 5.69 Å². The Balaban J connectivity index is 1.97. The van der Waals surface area contributed by atoms with E-state index < -0.39 is 5.54 Å². The van der Waals surface area contributed by atoms with E-state index in [1.54, 1.807) is 11.8 Å². The molecule has 6 nitrogen and oxygen atoms in total. The van der Waals surface area contributed by atoms with E-state index in [2.05, 4.69) is 34.7 Å². The number of hydrogen-bond donors (Lipinski definition) is 1. The van der Waals surface area contributed by atoms with Crippen LogP contribution in [0.4, 0.5) is 5.69 Å². The molecule has 1 unspecified atom stereocenters. The first-order valence-electron chi connectivity index (χ1n) is 7.93. The van der Waals surface area contributed by atoms with Crippen LogP contribution >= 0.6 is 0 Å². The second-order valence-corrected chi connectivity index (χ2v) is 5.79. The van der Waals surface area contributed by atoms with E-state index in [0.717, 1.165) is 29.4 Å². The fourth-order valence-electron chi connectivity index (χ4n) is 2.57. The maximum absolute atomic E-state index is 5.21. The van der Waals surface area contributed by atoms with Crippen molar-refractivity contribution < 1.29 is 4.74 Å². The Hall–Kier alpha value is -2.89. The number of anilines is 1. The van der Waals surface area contributed by atoms with Crippen molar-refractivity contribution in [1.29, 1.82) is 0 Å². The quantitative estimate of drug-likeness (QED) is 0.753. The second kappa shape index (κ2) is 6.70. The summed E-state index contributed by atoms with van der Waals surface area (Å²) in [4.78, 5) is 0. The van der Waals surface area contributed by atoms with Crippen molar-refractivity contribution in [2.45, 2.75) is 25.8 Å². The average molecular weight is 323 g/mol. The molecule has 0 aliphatic carbocycles. The molecule has 1 atom stereocenters. The standard InChI is InChI=1S/C18H21N5O/c1-4-18(2,19-14-8-6-5-7-9-14)17-20-21-22-23(17)15-10-12-16(24-3)13-11-15/h5-13,19H,4H2,1-3H3. The average Bonchev–Trinajstić information content (AvgIpc) is 3.13. The maximum Gasteiger partial charge on any atom is 0.181 e. The number of tetrazole rings is 1. The maximum atomic E-state index is 5.21. The van der Waals surface area contributed by atoms with Gasteiger partial charge in [-0.05, 0) is 60.2 Å². The topological polar surface area (TPSA) is 64.9 Å². The van der Waals surface area contributed by atoms with Gasteiger partial charge in [-0.25, -0.2) is 0 Å². The molecule has 3 aromatic rings. The first-order valence-corrected chi connectivity index (χ1v) is 7.93. The van der Waals surface area contributed by atoms with Crippen LogP contribution in [0.5, 0.6) is 5.75 Å². The van der Waals surface area contributed by atoms with Crippen LogP contribution in [0.25, 0.3) is 5.69 Å². The van der Waals surface area contributed by atoms with Crippen LogP contribution in [0.2, 0.25) is 0 Å². The Morgan fingerprint density at radius 3 is 2.42 bits per heavy atom. The van der Waals surface area contributed by atoms with Crippen molar-refractivity contribution in [2.75, 3.05) is 12.4 Å². The zero-order valence-electron chi connectivity index (χ0n) is 14.1. The molecule has 124 valence electrons. The summed E-state index contributed by atoms with van der Waals surface area (Å²) in [6.07, 6.45) is 0.832. The number of aromatic nitrogens is 4. The first-order chi connectivity index (χ1) is 11.7. The van der Waals surface area contributed by atoms with Crippen LogP contribution in [-0.4, -0.2) is 27.3 Å². The van der Waals surface area contributed by atoms with E-state index in [0.29, 0.717) is 0 Å². The fourth-order valence-corrected chi connectivity index (χ4v) is 2.57. The molecule has 0 fully saturated rings. The number of hydrogen-bond acceptors (Lipinski definition) is 5. The molecule has 2 aromatic carbocycles. The third-order valence-electron chi connectivity index (χ3n) is 4.18. The van der Waals surface area contributed by atoms with Gasteiger partial charge in [-0.1, -0.05) is 25.1 Å². The van der Waals surface area contributed by atoms with Crippen LogP contribution in [0.3, 0.4) is 0 Å². The Kier molecular flexibility index (Phi) is 4.46. The Morgan fingerprint density at radius 1 is 1.08 bits per heavy atom. The van der Waals surface area contributed by atoms with E-state index in [4.69, 9.17) is 4.74 Å². The third-order valence-corrected chi connectivity index (χ3v) is 4.18. The predicted molar refractivity (Wildman–Crippen MR) is 93.4 cm³/mol. The zero-order valence-corrected chi connectivity index (χ0v) is 14.1. The molecule has 0 amide bonds. The lowest BCUT2D eigenvalue weighted by Gasteiger charge is -2.29. The van der Waals surface area contributed by atoms with Gasteiger partial charge in [0.05, 0.1) is 18.3 Å². The van der Waals surface area contributed by atoms with Crippen LogP contribution in [0, 0.1) is 0 Å². The van der Waals surface area contributed by atoms with Gasteiger partial charge >= 0.3 is 0 Å². The summed E-state index contributed by atoms with van der Waals surface area (Å²) in [5, 5.41) is 15.9. The number of methoxy groups -OCH3 is 1. The van der Waals surface area contributed by atoms with Crippen molar-refractivity contribution in [3.63, 3.8) is 0 Å². The first kappa shape index (κ1) is 16.0. The summed E-state index contributed by atoms with van der Waals surface area (Å²) in [5.74, 6) is 1.56. The largest absolute Gasteiger partial charge is 0.497 e. The van der Waals surface area contributed by atoms with Crippen LogP contribution in [0.1, 0.15) is 26.1 Å². The molecule has 0 saturated carbocycles. The lowest BCUT2D eigenvalue weighted by Crippen LogP contribution is -2.34.